The average molecular weight is 361 g/mol. The molecule has 0 aromatic heterocycles. The Balaban J connectivity index is 1.70. The molecule has 3 rings (SSSR count). The van der Waals surface area contributed by atoms with Gasteiger partial charge in [0.05, 0.1) is 11.6 Å². The zero-order valence-corrected chi connectivity index (χ0v) is 14.4. The average Bonchev–Trinajstić information content (AvgIpc) is 2.80. The molecular weight excluding hydrogens is 348 g/mol. The van der Waals surface area contributed by atoms with E-state index < -0.39 is 0 Å². The first-order chi connectivity index (χ1) is 11.1. The maximum Gasteiger partial charge on any atom is 0.267 e. The maximum absolute atomic E-state index is 12.5. The monoisotopic (exact) mass is 360 g/mol. The zero-order valence-electron chi connectivity index (χ0n) is 12.0. The summed E-state index contributed by atoms with van der Waals surface area (Å²) in [5.74, 6) is -0.0848. The lowest BCUT2D eigenvalue weighted by atomic mass is 10.2. The van der Waals surface area contributed by atoms with E-state index in [4.69, 9.17) is 23.8 Å². The van der Waals surface area contributed by atoms with Crippen LogP contribution in [0.5, 0.6) is 0 Å². The van der Waals surface area contributed by atoms with Crippen molar-refractivity contribution in [1.82, 2.24) is 4.90 Å². The molecule has 0 radical (unpaired) electrons. The smallest absolute Gasteiger partial charge is 0.267 e. The Morgan fingerprint density at radius 1 is 1.17 bits per heavy atom. The number of nitrogens with one attached hydrogen (secondary N) is 1. The fourth-order valence-electron chi connectivity index (χ4n) is 2.11. The molecule has 116 valence electrons. The number of benzene rings is 2. The predicted octanol–water partition coefficient (Wildman–Crippen LogP) is 4.61. The number of rotatable bonds is 4. The van der Waals surface area contributed by atoms with E-state index in [1.165, 1.54) is 11.8 Å². The molecule has 1 saturated heterocycles. The van der Waals surface area contributed by atoms with Crippen LogP contribution < -0.4 is 5.32 Å². The van der Waals surface area contributed by atoms with Gasteiger partial charge in [-0.3, -0.25) is 9.69 Å². The van der Waals surface area contributed by atoms with Crippen LogP contribution in [-0.2, 0) is 4.79 Å². The van der Waals surface area contributed by atoms with Crippen molar-refractivity contribution in [2.75, 3.05) is 12.0 Å². The lowest BCUT2D eigenvalue weighted by molar-refractivity contribution is -0.121. The first-order valence-corrected chi connectivity index (χ1v) is 8.53. The van der Waals surface area contributed by atoms with Crippen molar-refractivity contribution in [2.24, 2.45) is 0 Å². The Hall–Kier alpha value is -1.82. The van der Waals surface area contributed by atoms with Gasteiger partial charge in [0, 0.05) is 10.7 Å². The van der Waals surface area contributed by atoms with Gasteiger partial charge in [0.2, 0.25) is 0 Å². The zero-order chi connectivity index (χ0) is 16.2. The van der Waals surface area contributed by atoms with Crippen molar-refractivity contribution < 1.29 is 4.79 Å². The summed E-state index contributed by atoms with van der Waals surface area (Å²) in [4.78, 5) is 14.7. The van der Waals surface area contributed by atoms with E-state index in [1.807, 2.05) is 48.5 Å². The third kappa shape index (κ3) is 3.93. The van der Waals surface area contributed by atoms with Crippen LogP contribution in [0.4, 0.5) is 5.69 Å². The number of halogens is 1. The van der Waals surface area contributed by atoms with Crippen molar-refractivity contribution in [3.63, 3.8) is 0 Å². The van der Waals surface area contributed by atoms with Gasteiger partial charge in [-0.15, -0.1) is 0 Å². The van der Waals surface area contributed by atoms with E-state index in [-0.39, 0.29) is 5.91 Å². The highest BCUT2D eigenvalue weighted by Gasteiger charge is 2.31. The number of nitrogens with zero attached hydrogens (tertiary/aromatic N) is 1. The molecule has 2 aromatic carbocycles. The number of anilines is 1. The Bertz CT molecular complexity index is 777. The number of thiocarbonyl (C=S) groups is 1. The van der Waals surface area contributed by atoms with Crippen molar-refractivity contribution in [2.45, 2.75) is 0 Å². The molecule has 3 nitrogen and oxygen atoms in total. The molecule has 0 saturated carbocycles. The van der Waals surface area contributed by atoms with Crippen molar-refractivity contribution in [3.8, 4) is 0 Å². The van der Waals surface area contributed by atoms with Gasteiger partial charge in [-0.25, -0.2) is 0 Å². The molecule has 1 heterocycles. The molecule has 1 aliphatic heterocycles. The second-order valence-corrected chi connectivity index (χ2v) is 6.98. The molecular formula is C17H13ClN2OS2. The molecule has 23 heavy (non-hydrogen) atoms. The van der Waals surface area contributed by atoms with Crippen LogP contribution in [0.2, 0.25) is 5.02 Å². The standard InChI is InChI=1S/C17H13ClN2OS2/c18-13-7-4-8-14(10-13)19-11-20-16(21)15(23-17(20)22)9-12-5-2-1-3-6-12/h1-10,19H,11H2/b15-9+. The fraction of sp³-hybridized carbons (Fsp3) is 0.0588. The van der Waals surface area contributed by atoms with Crippen LogP contribution in [0.15, 0.2) is 59.5 Å². The second kappa shape index (κ2) is 7.17. The van der Waals surface area contributed by atoms with Crippen molar-refractivity contribution >= 4 is 57.6 Å². The Morgan fingerprint density at radius 2 is 1.96 bits per heavy atom. The van der Waals surface area contributed by atoms with E-state index in [9.17, 15) is 4.79 Å². The number of hydrogen-bond donors (Lipinski definition) is 1. The molecule has 2 aromatic rings. The van der Waals surface area contributed by atoms with Crippen molar-refractivity contribution in [1.29, 1.82) is 0 Å². The molecule has 1 N–H and O–H groups in total. The quantitative estimate of drug-likeness (QED) is 0.637. The van der Waals surface area contributed by atoms with Gasteiger partial charge in [-0.05, 0) is 29.8 Å². The van der Waals surface area contributed by atoms with Crippen LogP contribution in [-0.4, -0.2) is 21.8 Å². The first-order valence-electron chi connectivity index (χ1n) is 6.93. The third-order valence-corrected chi connectivity index (χ3v) is 4.85. The van der Waals surface area contributed by atoms with Gasteiger partial charge in [-0.2, -0.15) is 0 Å². The van der Waals surface area contributed by atoms with Gasteiger partial charge >= 0.3 is 0 Å². The highest BCUT2D eigenvalue weighted by atomic mass is 35.5. The molecule has 0 spiro atoms. The minimum atomic E-state index is -0.0848. The van der Waals surface area contributed by atoms with Gasteiger partial charge in [0.1, 0.15) is 4.32 Å². The molecule has 0 bridgehead atoms. The van der Waals surface area contributed by atoms with Gasteiger partial charge in [0.15, 0.2) is 0 Å². The van der Waals surface area contributed by atoms with E-state index in [0.29, 0.717) is 20.9 Å². The minimum absolute atomic E-state index is 0.0848. The molecule has 1 aliphatic rings. The Kier molecular flexibility index (Phi) is 5.00. The summed E-state index contributed by atoms with van der Waals surface area (Å²) >= 11 is 12.6. The van der Waals surface area contributed by atoms with E-state index in [2.05, 4.69) is 5.32 Å². The van der Waals surface area contributed by atoms with Crippen LogP contribution in [0, 0.1) is 0 Å². The van der Waals surface area contributed by atoms with Gasteiger partial charge in [-0.1, -0.05) is 72.0 Å². The molecule has 0 aliphatic carbocycles. The van der Waals surface area contributed by atoms with E-state index >= 15 is 0 Å². The summed E-state index contributed by atoms with van der Waals surface area (Å²) in [6.07, 6.45) is 1.86. The first kappa shape index (κ1) is 16.1. The summed E-state index contributed by atoms with van der Waals surface area (Å²) in [6.45, 7) is 0.317. The molecule has 6 heteroatoms. The largest absolute Gasteiger partial charge is 0.367 e. The predicted molar refractivity (Wildman–Crippen MR) is 101 cm³/mol. The third-order valence-electron chi connectivity index (χ3n) is 3.24. The summed E-state index contributed by atoms with van der Waals surface area (Å²) in [7, 11) is 0. The SMILES string of the molecule is O=C1/C(=C\c2ccccc2)SC(=S)N1CNc1cccc(Cl)c1. The van der Waals surface area contributed by atoms with Crippen molar-refractivity contribution in [3.05, 3.63) is 70.1 Å². The number of carbonyl (C=O) groups is 1. The summed E-state index contributed by atoms with van der Waals surface area (Å²) in [5.41, 5.74) is 1.83. The molecule has 0 unspecified atom stereocenters. The number of amides is 1. The summed E-state index contributed by atoms with van der Waals surface area (Å²) < 4.78 is 0.548. The minimum Gasteiger partial charge on any atom is -0.367 e. The Morgan fingerprint density at radius 3 is 2.70 bits per heavy atom. The number of thioether (sulfide) groups is 1. The van der Waals surface area contributed by atoms with Gasteiger partial charge < -0.3 is 5.32 Å². The molecule has 1 fully saturated rings. The maximum atomic E-state index is 12.5. The summed E-state index contributed by atoms with van der Waals surface area (Å²) in [6, 6.07) is 17.1. The van der Waals surface area contributed by atoms with Crippen LogP contribution in [0.25, 0.3) is 6.08 Å². The highest BCUT2D eigenvalue weighted by Crippen LogP contribution is 2.32. The molecule has 1 amide bonds. The number of carbonyl (C=O) groups excluding carboxylic acids is 1. The van der Waals surface area contributed by atoms with E-state index in [0.717, 1.165) is 11.3 Å². The number of hydrogen-bond acceptors (Lipinski definition) is 4. The fourth-order valence-corrected chi connectivity index (χ4v) is 3.55. The topological polar surface area (TPSA) is 32.3 Å². The lowest BCUT2D eigenvalue weighted by Gasteiger charge is -2.16. The second-order valence-electron chi connectivity index (χ2n) is 4.87. The molecule has 0 atom stereocenters. The van der Waals surface area contributed by atoms with E-state index in [1.54, 1.807) is 17.0 Å². The summed E-state index contributed by atoms with van der Waals surface area (Å²) in [5, 5.41) is 3.81. The van der Waals surface area contributed by atoms with Crippen LogP contribution in [0.1, 0.15) is 5.56 Å². The van der Waals surface area contributed by atoms with Crippen LogP contribution in [0.3, 0.4) is 0 Å². The Labute approximate surface area is 149 Å². The van der Waals surface area contributed by atoms with Crippen LogP contribution >= 0.6 is 35.6 Å². The lowest BCUT2D eigenvalue weighted by Crippen LogP contribution is -2.33. The van der Waals surface area contributed by atoms with Gasteiger partial charge in [0.25, 0.3) is 5.91 Å². The highest BCUT2D eigenvalue weighted by molar-refractivity contribution is 8.26. The normalized spacial score (nSPS) is 16.2.